The molecule has 5 nitrogen and oxygen atoms in total. The van der Waals surface area contributed by atoms with Crippen molar-refractivity contribution in [2.45, 2.75) is 32.6 Å². The van der Waals surface area contributed by atoms with Crippen molar-refractivity contribution in [3.05, 3.63) is 40.2 Å². The van der Waals surface area contributed by atoms with Crippen LogP contribution in [-0.2, 0) is 9.53 Å². The van der Waals surface area contributed by atoms with Gasteiger partial charge in [-0.2, -0.15) is 0 Å². The van der Waals surface area contributed by atoms with E-state index in [1.54, 1.807) is 31.2 Å². The van der Waals surface area contributed by atoms with Crippen LogP contribution in [0.15, 0.2) is 33.5 Å². The first-order valence-corrected chi connectivity index (χ1v) is 7.01. The number of benzene rings is 1. The Kier molecular flexibility index (Phi) is 4.62. The molecule has 0 bridgehead atoms. The lowest BCUT2D eigenvalue weighted by Gasteiger charge is -2.15. The molecule has 1 heterocycles. The topological polar surface area (TPSA) is 76.7 Å². The standard InChI is InChI=1S/C16H18O5/c1-3-9-20-15(18)10(4-2)13-14(17)11-7-5-6-8-12(11)21-16(13)19/h5-8,10,17H,3-4,9H2,1-2H3. The summed E-state index contributed by atoms with van der Waals surface area (Å²) in [6.07, 6.45) is 1.04. The number of esters is 1. The lowest BCUT2D eigenvalue weighted by molar-refractivity contribution is -0.145. The van der Waals surface area contributed by atoms with Crippen LogP contribution in [0.5, 0.6) is 5.75 Å². The number of carbonyl (C=O) groups excluding carboxylic acids is 1. The zero-order chi connectivity index (χ0) is 15.4. The summed E-state index contributed by atoms with van der Waals surface area (Å²) in [5, 5.41) is 10.7. The molecule has 1 aromatic carbocycles. The van der Waals surface area contributed by atoms with Crippen molar-refractivity contribution in [2.24, 2.45) is 0 Å². The summed E-state index contributed by atoms with van der Waals surface area (Å²) < 4.78 is 10.3. The summed E-state index contributed by atoms with van der Waals surface area (Å²) in [6.45, 7) is 3.93. The maximum absolute atomic E-state index is 12.1. The highest BCUT2D eigenvalue weighted by Crippen LogP contribution is 2.32. The second kappa shape index (κ2) is 6.43. The average Bonchev–Trinajstić information content (AvgIpc) is 2.49. The molecule has 1 atom stereocenters. The summed E-state index contributed by atoms with van der Waals surface area (Å²) in [5.41, 5.74) is -0.440. The van der Waals surface area contributed by atoms with Gasteiger partial charge in [-0.05, 0) is 25.0 Å². The van der Waals surface area contributed by atoms with Crippen LogP contribution in [-0.4, -0.2) is 17.7 Å². The van der Waals surface area contributed by atoms with E-state index in [1.165, 1.54) is 0 Å². The van der Waals surface area contributed by atoms with Gasteiger partial charge in [0.25, 0.3) is 0 Å². The van der Waals surface area contributed by atoms with Gasteiger partial charge >= 0.3 is 11.6 Å². The Hall–Kier alpha value is -2.30. The molecule has 1 unspecified atom stereocenters. The molecule has 0 aliphatic heterocycles. The quantitative estimate of drug-likeness (QED) is 0.676. The molecule has 0 spiro atoms. The monoisotopic (exact) mass is 290 g/mol. The van der Waals surface area contributed by atoms with E-state index in [-0.39, 0.29) is 17.9 Å². The highest BCUT2D eigenvalue weighted by molar-refractivity contribution is 5.87. The van der Waals surface area contributed by atoms with Gasteiger partial charge in [-0.25, -0.2) is 4.79 Å². The van der Waals surface area contributed by atoms with Gasteiger partial charge < -0.3 is 14.3 Å². The van der Waals surface area contributed by atoms with E-state index in [0.717, 1.165) is 0 Å². The van der Waals surface area contributed by atoms with Crippen LogP contribution in [0.1, 0.15) is 38.2 Å². The van der Waals surface area contributed by atoms with Crippen LogP contribution < -0.4 is 5.63 Å². The molecule has 0 amide bonds. The van der Waals surface area contributed by atoms with E-state index in [4.69, 9.17) is 9.15 Å². The first-order chi connectivity index (χ1) is 10.1. The normalized spacial score (nSPS) is 12.3. The Balaban J connectivity index is 2.53. The second-order valence-electron chi connectivity index (χ2n) is 4.78. The van der Waals surface area contributed by atoms with Crippen LogP contribution >= 0.6 is 0 Å². The van der Waals surface area contributed by atoms with Crippen LogP contribution in [0.4, 0.5) is 0 Å². The van der Waals surface area contributed by atoms with Gasteiger partial charge in [0.15, 0.2) is 0 Å². The lowest BCUT2D eigenvalue weighted by Crippen LogP contribution is -2.22. The third-order valence-corrected chi connectivity index (χ3v) is 3.31. The number of para-hydroxylation sites is 1. The highest BCUT2D eigenvalue weighted by Gasteiger charge is 2.28. The molecule has 0 saturated heterocycles. The van der Waals surface area contributed by atoms with Gasteiger partial charge in [-0.15, -0.1) is 0 Å². The molecule has 0 fully saturated rings. The molecule has 0 radical (unpaired) electrons. The van der Waals surface area contributed by atoms with Gasteiger partial charge in [0.05, 0.1) is 23.5 Å². The smallest absolute Gasteiger partial charge is 0.344 e. The molecule has 1 N–H and O–H groups in total. The number of hydrogen-bond donors (Lipinski definition) is 1. The number of hydrogen-bond acceptors (Lipinski definition) is 5. The van der Waals surface area contributed by atoms with E-state index in [2.05, 4.69) is 0 Å². The van der Waals surface area contributed by atoms with E-state index < -0.39 is 17.5 Å². The summed E-state index contributed by atoms with van der Waals surface area (Å²) in [4.78, 5) is 24.2. The summed E-state index contributed by atoms with van der Waals surface area (Å²) in [5.74, 6) is -1.54. The number of fused-ring (bicyclic) bond motifs is 1. The van der Waals surface area contributed by atoms with Crippen molar-refractivity contribution in [3.63, 3.8) is 0 Å². The highest BCUT2D eigenvalue weighted by atomic mass is 16.5. The van der Waals surface area contributed by atoms with Crippen molar-refractivity contribution in [1.82, 2.24) is 0 Å². The third kappa shape index (κ3) is 2.91. The molecule has 21 heavy (non-hydrogen) atoms. The van der Waals surface area contributed by atoms with Gasteiger partial charge in [0, 0.05) is 0 Å². The molecule has 0 saturated carbocycles. The molecular weight excluding hydrogens is 272 g/mol. The lowest BCUT2D eigenvalue weighted by atomic mass is 9.96. The zero-order valence-electron chi connectivity index (χ0n) is 12.1. The fourth-order valence-corrected chi connectivity index (χ4v) is 2.25. The molecule has 2 aromatic rings. The van der Waals surface area contributed by atoms with Crippen molar-refractivity contribution in [3.8, 4) is 5.75 Å². The van der Waals surface area contributed by atoms with Crippen molar-refractivity contribution in [2.75, 3.05) is 6.61 Å². The Morgan fingerprint density at radius 2 is 2.05 bits per heavy atom. The predicted octanol–water partition coefficient (Wildman–Crippen LogP) is 2.95. The average molecular weight is 290 g/mol. The minimum Gasteiger partial charge on any atom is -0.507 e. The van der Waals surface area contributed by atoms with Crippen molar-refractivity contribution in [1.29, 1.82) is 0 Å². The Bertz CT molecular complexity index is 701. The third-order valence-electron chi connectivity index (χ3n) is 3.31. The van der Waals surface area contributed by atoms with E-state index >= 15 is 0 Å². The second-order valence-corrected chi connectivity index (χ2v) is 4.78. The number of aromatic hydroxyl groups is 1. The first-order valence-electron chi connectivity index (χ1n) is 7.01. The number of carbonyl (C=O) groups is 1. The van der Waals surface area contributed by atoms with Crippen molar-refractivity contribution >= 4 is 16.9 Å². The van der Waals surface area contributed by atoms with Gasteiger partial charge in [-0.3, -0.25) is 4.79 Å². The van der Waals surface area contributed by atoms with Gasteiger partial charge in [0.1, 0.15) is 11.3 Å². The summed E-state index contributed by atoms with van der Waals surface area (Å²) in [7, 11) is 0. The summed E-state index contributed by atoms with van der Waals surface area (Å²) >= 11 is 0. The first kappa shape index (κ1) is 15.1. The fourth-order valence-electron chi connectivity index (χ4n) is 2.25. The SMILES string of the molecule is CCCOC(=O)C(CC)c1c(O)c2ccccc2oc1=O. The van der Waals surface area contributed by atoms with Gasteiger partial charge in [0.2, 0.25) is 0 Å². The van der Waals surface area contributed by atoms with Crippen LogP contribution in [0.3, 0.4) is 0 Å². The molecule has 112 valence electrons. The Morgan fingerprint density at radius 3 is 2.71 bits per heavy atom. The molecule has 5 heteroatoms. The minimum atomic E-state index is -0.822. The minimum absolute atomic E-state index is 0.0303. The van der Waals surface area contributed by atoms with Crippen molar-refractivity contribution < 1.29 is 19.1 Å². The van der Waals surface area contributed by atoms with E-state index in [0.29, 0.717) is 23.8 Å². The van der Waals surface area contributed by atoms with E-state index in [9.17, 15) is 14.7 Å². The fraction of sp³-hybridized carbons (Fsp3) is 0.375. The maximum Gasteiger partial charge on any atom is 0.344 e. The maximum atomic E-state index is 12.1. The predicted molar refractivity (Wildman–Crippen MR) is 78.4 cm³/mol. The Labute approximate surface area is 122 Å². The Morgan fingerprint density at radius 1 is 1.33 bits per heavy atom. The van der Waals surface area contributed by atoms with Crippen LogP contribution in [0.2, 0.25) is 0 Å². The number of rotatable bonds is 5. The molecule has 0 aliphatic rings. The molecule has 0 aliphatic carbocycles. The van der Waals surface area contributed by atoms with E-state index in [1.807, 2.05) is 6.92 Å². The van der Waals surface area contributed by atoms with Crippen LogP contribution in [0.25, 0.3) is 11.0 Å². The van der Waals surface area contributed by atoms with Gasteiger partial charge in [-0.1, -0.05) is 26.0 Å². The summed E-state index contributed by atoms with van der Waals surface area (Å²) in [6, 6.07) is 6.66. The largest absolute Gasteiger partial charge is 0.507 e. The van der Waals surface area contributed by atoms with Crippen LogP contribution in [0, 0.1) is 0 Å². The molecule has 2 rings (SSSR count). The molecule has 1 aromatic heterocycles. The number of ether oxygens (including phenoxy) is 1. The molecular formula is C16H18O5. The zero-order valence-corrected chi connectivity index (χ0v) is 12.1.